The van der Waals surface area contributed by atoms with E-state index in [-0.39, 0.29) is 0 Å². The quantitative estimate of drug-likeness (QED) is 0.866. The van der Waals surface area contributed by atoms with Gasteiger partial charge in [-0.3, -0.25) is 0 Å². The Balaban J connectivity index is 2.37. The van der Waals surface area contributed by atoms with Gasteiger partial charge < -0.3 is 5.11 Å². The Morgan fingerprint density at radius 2 is 1.68 bits per heavy atom. The Morgan fingerprint density at radius 3 is 2.32 bits per heavy atom. The largest absolute Gasteiger partial charge is 0.381 e. The third kappa shape index (κ3) is 3.05. The lowest BCUT2D eigenvalue weighted by atomic mass is 9.87. The molecule has 1 atom stereocenters. The summed E-state index contributed by atoms with van der Waals surface area (Å²) >= 11 is 0. The second-order valence-corrected chi connectivity index (χ2v) is 5.39. The van der Waals surface area contributed by atoms with E-state index in [9.17, 15) is 5.11 Å². The summed E-state index contributed by atoms with van der Waals surface area (Å²) in [5.74, 6) is 0. The van der Waals surface area contributed by atoms with Gasteiger partial charge in [-0.1, -0.05) is 67.4 Å². The first kappa shape index (κ1) is 13.8. The van der Waals surface area contributed by atoms with Crippen molar-refractivity contribution in [3.05, 3.63) is 70.8 Å². The predicted molar refractivity (Wildman–Crippen MR) is 80.3 cm³/mol. The van der Waals surface area contributed by atoms with E-state index in [1.807, 2.05) is 43.3 Å². The Labute approximate surface area is 115 Å². The van der Waals surface area contributed by atoms with E-state index in [2.05, 4.69) is 26.0 Å². The molecule has 0 radical (unpaired) electrons. The Morgan fingerprint density at radius 1 is 1.00 bits per heavy atom. The highest BCUT2D eigenvalue weighted by atomic mass is 16.3. The first-order valence-corrected chi connectivity index (χ1v) is 6.93. The fraction of sp³-hybridized carbons (Fsp3) is 0.333. The van der Waals surface area contributed by atoms with Crippen molar-refractivity contribution in [3.63, 3.8) is 0 Å². The van der Waals surface area contributed by atoms with E-state index in [1.165, 1.54) is 11.1 Å². The number of aryl methyl sites for hydroxylation is 2. The molecule has 1 nitrogen and oxygen atoms in total. The van der Waals surface area contributed by atoms with Gasteiger partial charge in [0.25, 0.3) is 0 Å². The monoisotopic (exact) mass is 254 g/mol. The molecule has 0 saturated heterocycles. The van der Waals surface area contributed by atoms with Crippen LogP contribution < -0.4 is 0 Å². The third-order valence-corrected chi connectivity index (χ3v) is 3.64. The summed E-state index contributed by atoms with van der Waals surface area (Å²) in [6.07, 6.45) is 2.17. The van der Waals surface area contributed by atoms with E-state index < -0.39 is 5.60 Å². The number of rotatable bonds is 4. The first-order chi connectivity index (χ1) is 9.04. The van der Waals surface area contributed by atoms with Crippen LogP contribution in [-0.4, -0.2) is 5.11 Å². The predicted octanol–water partition coefficient (Wildman–Crippen LogP) is 4.20. The van der Waals surface area contributed by atoms with Gasteiger partial charge in [-0.2, -0.15) is 0 Å². The van der Waals surface area contributed by atoms with Crippen molar-refractivity contribution in [3.8, 4) is 0 Å². The molecule has 0 fully saturated rings. The van der Waals surface area contributed by atoms with Crippen LogP contribution in [0.15, 0.2) is 48.5 Å². The molecule has 2 rings (SSSR count). The Bertz CT molecular complexity index is 538. The van der Waals surface area contributed by atoms with E-state index >= 15 is 0 Å². The van der Waals surface area contributed by atoms with Gasteiger partial charge in [0.05, 0.1) is 0 Å². The highest BCUT2D eigenvalue weighted by Gasteiger charge is 2.25. The Hall–Kier alpha value is -1.60. The standard InChI is InChI=1S/C18H22O/c1-4-6-15-7-5-8-17(13-15)18(3,19)16-11-9-14(2)10-12-16/h5,7-13,19H,4,6H2,1-3H3. The van der Waals surface area contributed by atoms with Crippen molar-refractivity contribution in [2.75, 3.05) is 0 Å². The molecule has 0 aliphatic rings. The fourth-order valence-corrected chi connectivity index (χ4v) is 2.36. The summed E-state index contributed by atoms with van der Waals surface area (Å²) in [5, 5.41) is 10.8. The van der Waals surface area contributed by atoms with Crippen molar-refractivity contribution in [2.24, 2.45) is 0 Å². The average Bonchev–Trinajstić information content (AvgIpc) is 2.40. The van der Waals surface area contributed by atoms with Crippen LogP contribution in [0.25, 0.3) is 0 Å². The molecule has 100 valence electrons. The molecule has 0 bridgehead atoms. The van der Waals surface area contributed by atoms with Gasteiger partial charge in [-0.15, -0.1) is 0 Å². The lowest BCUT2D eigenvalue weighted by Gasteiger charge is -2.25. The lowest BCUT2D eigenvalue weighted by Crippen LogP contribution is -2.22. The second-order valence-electron chi connectivity index (χ2n) is 5.39. The number of hydrogen-bond acceptors (Lipinski definition) is 1. The van der Waals surface area contributed by atoms with Gasteiger partial charge in [-0.25, -0.2) is 0 Å². The lowest BCUT2D eigenvalue weighted by molar-refractivity contribution is 0.102. The summed E-state index contributed by atoms with van der Waals surface area (Å²) in [5.41, 5.74) is 3.46. The topological polar surface area (TPSA) is 20.2 Å². The molecule has 0 heterocycles. The summed E-state index contributed by atoms with van der Waals surface area (Å²) in [6.45, 7) is 6.09. The van der Waals surface area contributed by atoms with Gasteiger partial charge in [0.1, 0.15) is 5.60 Å². The van der Waals surface area contributed by atoms with Gasteiger partial charge in [-0.05, 0) is 37.0 Å². The highest BCUT2D eigenvalue weighted by molar-refractivity contribution is 5.38. The zero-order valence-corrected chi connectivity index (χ0v) is 12.0. The van der Waals surface area contributed by atoms with Gasteiger partial charge >= 0.3 is 0 Å². The second kappa shape index (κ2) is 5.58. The van der Waals surface area contributed by atoms with E-state index in [0.717, 1.165) is 24.0 Å². The maximum atomic E-state index is 10.8. The SMILES string of the molecule is CCCc1cccc(C(C)(O)c2ccc(C)cc2)c1. The average molecular weight is 254 g/mol. The summed E-state index contributed by atoms with van der Waals surface area (Å²) in [4.78, 5) is 0. The van der Waals surface area contributed by atoms with Crippen LogP contribution in [0.5, 0.6) is 0 Å². The van der Waals surface area contributed by atoms with Crippen LogP contribution in [0, 0.1) is 6.92 Å². The van der Waals surface area contributed by atoms with Crippen LogP contribution in [0.3, 0.4) is 0 Å². The smallest absolute Gasteiger partial charge is 0.112 e. The van der Waals surface area contributed by atoms with Crippen molar-refractivity contribution < 1.29 is 5.11 Å². The Kier molecular flexibility index (Phi) is 4.06. The maximum Gasteiger partial charge on any atom is 0.112 e. The van der Waals surface area contributed by atoms with Crippen LogP contribution in [-0.2, 0) is 12.0 Å². The molecular weight excluding hydrogens is 232 g/mol. The molecule has 0 aromatic heterocycles. The molecule has 19 heavy (non-hydrogen) atoms. The number of aliphatic hydroxyl groups is 1. The van der Waals surface area contributed by atoms with Gasteiger partial charge in [0.15, 0.2) is 0 Å². The molecule has 0 aliphatic heterocycles. The van der Waals surface area contributed by atoms with Crippen LogP contribution in [0.4, 0.5) is 0 Å². The minimum Gasteiger partial charge on any atom is -0.381 e. The summed E-state index contributed by atoms with van der Waals surface area (Å²) in [6, 6.07) is 16.4. The number of hydrogen-bond donors (Lipinski definition) is 1. The fourth-order valence-electron chi connectivity index (χ4n) is 2.36. The van der Waals surface area contributed by atoms with E-state index in [4.69, 9.17) is 0 Å². The van der Waals surface area contributed by atoms with Crippen molar-refractivity contribution in [2.45, 2.75) is 39.2 Å². The van der Waals surface area contributed by atoms with Crippen LogP contribution in [0.2, 0.25) is 0 Å². The molecule has 1 N–H and O–H groups in total. The molecule has 1 heteroatoms. The molecule has 2 aromatic carbocycles. The van der Waals surface area contributed by atoms with Crippen molar-refractivity contribution >= 4 is 0 Å². The van der Waals surface area contributed by atoms with Crippen LogP contribution in [0.1, 0.15) is 42.5 Å². The maximum absolute atomic E-state index is 10.8. The molecule has 0 saturated carbocycles. The summed E-state index contributed by atoms with van der Waals surface area (Å²) in [7, 11) is 0. The van der Waals surface area contributed by atoms with Crippen molar-refractivity contribution in [1.29, 1.82) is 0 Å². The number of benzene rings is 2. The normalized spacial score (nSPS) is 14.1. The molecule has 0 spiro atoms. The molecule has 0 aliphatic carbocycles. The minimum absolute atomic E-state index is 0.933. The molecule has 2 aromatic rings. The molecule has 0 amide bonds. The van der Waals surface area contributed by atoms with E-state index in [0.29, 0.717) is 0 Å². The minimum atomic E-state index is -0.933. The van der Waals surface area contributed by atoms with Gasteiger partial charge in [0.2, 0.25) is 0 Å². The zero-order valence-electron chi connectivity index (χ0n) is 12.0. The van der Waals surface area contributed by atoms with Gasteiger partial charge in [0, 0.05) is 0 Å². The first-order valence-electron chi connectivity index (χ1n) is 6.93. The van der Waals surface area contributed by atoms with Crippen molar-refractivity contribution in [1.82, 2.24) is 0 Å². The van der Waals surface area contributed by atoms with Crippen LogP contribution >= 0.6 is 0 Å². The van der Waals surface area contributed by atoms with E-state index in [1.54, 1.807) is 0 Å². The molecule has 1 unspecified atom stereocenters. The highest BCUT2D eigenvalue weighted by Crippen LogP contribution is 2.29. The zero-order chi connectivity index (χ0) is 13.9. The molecular formula is C18H22O. The third-order valence-electron chi connectivity index (χ3n) is 3.64. The summed E-state index contributed by atoms with van der Waals surface area (Å²) < 4.78 is 0.